The van der Waals surface area contributed by atoms with Crippen LogP contribution in [-0.2, 0) is 4.79 Å². The topological polar surface area (TPSA) is 87.1 Å². The van der Waals surface area contributed by atoms with Crippen molar-refractivity contribution < 1.29 is 9.90 Å². The molecule has 0 radical (unpaired) electrons. The molecule has 0 aliphatic heterocycles. The standard InChI is InChI=1S/C14H18N4O2/c19-9-8-15-13(20)6-3-7-16-14-11-4-1-2-5-12(11)17-10-18-14/h1-2,4-5,10,19H,3,6-9H2,(H,15,20)(H,16,17,18). The number of aliphatic hydroxyl groups excluding tert-OH is 1. The number of hydrogen-bond donors (Lipinski definition) is 3. The van der Waals surface area contributed by atoms with Crippen molar-refractivity contribution in [3.05, 3.63) is 30.6 Å². The molecule has 1 aromatic carbocycles. The fourth-order valence-electron chi connectivity index (χ4n) is 1.89. The summed E-state index contributed by atoms with van der Waals surface area (Å²) < 4.78 is 0. The van der Waals surface area contributed by atoms with Crippen molar-refractivity contribution in [1.29, 1.82) is 0 Å². The van der Waals surface area contributed by atoms with E-state index in [1.807, 2.05) is 24.3 Å². The number of fused-ring (bicyclic) bond motifs is 1. The van der Waals surface area contributed by atoms with Crippen molar-refractivity contribution in [1.82, 2.24) is 15.3 Å². The van der Waals surface area contributed by atoms with Crippen molar-refractivity contribution in [2.45, 2.75) is 12.8 Å². The highest BCUT2D eigenvalue weighted by atomic mass is 16.3. The van der Waals surface area contributed by atoms with Gasteiger partial charge in [0.1, 0.15) is 12.1 Å². The zero-order chi connectivity index (χ0) is 14.2. The molecule has 2 rings (SSSR count). The summed E-state index contributed by atoms with van der Waals surface area (Å²) in [7, 11) is 0. The Kier molecular flexibility index (Phi) is 5.25. The van der Waals surface area contributed by atoms with Crippen LogP contribution in [0.3, 0.4) is 0 Å². The van der Waals surface area contributed by atoms with Crippen LogP contribution in [0.1, 0.15) is 12.8 Å². The van der Waals surface area contributed by atoms with E-state index in [9.17, 15) is 4.79 Å². The molecule has 0 aliphatic rings. The molecular formula is C14H18N4O2. The van der Waals surface area contributed by atoms with Crippen molar-refractivity contribution in [3.8, 4) is 0 Å². The van der Waals surface area contributed by atoms with Crippen molar-refractivity contribution in [2.24, 2.45) is 0 Å². The molecule has 0 spiro atoms. The monoisotopic (exact) mass is 274 g/mol. The molecule has 20 heavy (non-hydrogen) atoms. The Balaban J connectivity index is 1.83. The number of anilines is 1. The number of hydrogen-bond acceptors (Lipinski definition) is 5. The van der Waals surface area contributed by atoms with Gasteiger partial charge in [-0.3, -0.25) is 4.79 Å². The highest BCUT2D eigenvalue weighted by Crippen LogP contribution is 2.18. The van der Waals surface area contributed by atoms with Crippen LogP contribution in [-0.4, -0.2) is 40.7 Å². The molecule has 0 aliphatic carbocycles. The van der Waals surface area contributed by atoms with Gasteiger partial charge >= 0.3 is 0 Å². The number of amides is 1. The third-order valence-corrected chi connectivity index (χ3v) is 2.85. The lowest BCUT2D eigenvalue weighted by molar-refractivity contribution is -0.121. The summed E-state index contributed by atoms with van der Waals surface area (Å²) in [6.07, 6.45) is 2.66. The Morgan fingerprint density at radius 3 is 2.90 bits per heavy atom. The molecule has 0 saturated heterocycles. The van der Waals surface area contributed by atoms with Crippen LogP contribution in [0.4, 0.5) is 5.82 Å². The molecule has 106 valence electrons. The largest absolute Gasteiger partial charge is 0.395 e. The number of para-hydroxylation sites is 1. The van der Waals surface area contributed by atoms with E-state index < -0.39 is 0 Å². The zero-order valence-electron chi connectivity index (χ0n) is 11.2. The minimum Gasteiger partial charge on any atom is -0.395 e. The second-order valence-corrected chi connectivity index (χ2v) is 4.34. The first-order chi connectivity index (χ1) is 9.81. The number of nitrogens with zero attached hydrogens (tertiary/aromatic N) is 2. The number of aliphatic hydroxyl groups is 1. The zero-order valence-corrected chi connectivity index (χ0v) is 11.2. The van der Waals surface area contributed by atoms with Crippen LogP contribution < -0.4 is 10.6 Å². The molecule has 0 saturated carbocycles. The molecule has 1 heterocycles. The summed E-state index contributed by atoms with van der Waals surface area (Å²) in [5.41, 5.74) is 0.894. The van der Waals surface area contributed by atoms with E-state index in [4.69, 9.17) is 5.11 Å². The fourth-order valence-corrected chi connectivity index (χ4v) is 1.89. The summed E-state index contributed by atoms with van der Waals surface area (Å²) in [6.45, 7) is 0.938. The van der Waals surface area contributed by atoms with Crippen LogP contribution in [0.15, 0.2) is 30.6 Å². The van der Waals surface area contributed by atoms with Crippen molar-refractivity contribution in [2.75, 3.05) is 25.0 Å². The second kappa shape index (κ2) is 7.40. The number of rotatable bonds is 7. The van der Waals surface area contributed by atoms with Gasteiger partial charge in [0.25, 0.3) is 0 Å². The number of benzene rings is 1. The lowest BCUT2D eigenvalue weighted by Gasteiger charge is -2.08. The average molecular weight is 274 g/mol. The first-order valence-electron chi connectivity index (χ1n) is 6.62. The SMILES string of the molecule is O=C(CCCNc1ncnc2ccccc12)NCCO. The highest BCUT2D eigenvalue weighted by Gasteiger charge is 2.03. The van der Waals surface area contributed by atoms with E-state index in [1.54, 1.807) is 0 Å². The first kappa shape index (κ1) is 14.2. The maximum absolute atomic E-state index is 11.4. The molecular weight excluding hydrogens is 256 g/mol. The number of carbonyl (C=O) groups is 1. The highest BCUT2D eigenvalue weighted by molar-refractivity contribution is 5.88. The summed E-state index contributed by atoms with van der Waals surface area (Å²) >= 11 is 0. The molecule has 6 heteroatoms. The third-order valence-electron chi connectivity index (χ3n) is 2.85. The van der Waals surface area contributed by atoms with Gasteiger partial charge in [-0.25, -0.2) is 9.97 Å². The van der Waals surface area contributed by atoms with E-state index >= 15 is 0 Å². The Morgan fingerprint density at radius 2 is 2.05 bits per heavy atom. The predicted molar refractivity (Wildman–Crippen MR) is 77.4 cm³/mol. The van der Waals surface area contributed by atoms with Crippen LogP contribution in [0, 0.1) is 0 Å². The summed E-state index contributed by atoms with van der Waals surface area (Å²) in [4.78, 5) is 19.8. The molecule has 1 amide bonds. The average Bonchev–Trinajstić information content (AvgIpc) is 2.49. The van der Waals surface area contributed by atoms with Gasteiger partial charge in [0, 0.05) is 24.9 Å². The van der Waals surface area contributed by atoms with E-state index in [0.717, 1.165) is 16.7 Å². The molecule has 0 fully saturated rings. The van der Waals surface area contributed by atoms with Gasteiger partial charge in [-0.2, -0.15) is 0 Å². The lowest BCUT2D eigenvalue weighted by Crippen LogP contribution is -2.26. The Labute approximate surface area is 117 Å². The van der Waals surface area contributed by atoms with Crippen LogP contribution in [0.2, 0.25) is 0 Å². The molecule has 6 nitrogen and oxygen atoms in total. The Bertz CT molecular complexity index is 569. The molecule has 0 atom stereocenters. The maximum Gasteiger partial charge on any atom is 0.220 e. The van der Waals surface area contributed by atoms with Gasteiger partial charge in [0.05, 0.1) is 12.1 Å². The van der Waals surface area contributed by atoms with Gasteiger partial charge in [0.15, 0.2) is 0 Å². The number of carbonyl (C=O) groups excluding carboxylic acids is 1. The van der Waals surface area contributed by atoms with Crippen molar-refractivity contribution in [3.63, 3.8) is 0 Å². The Hall–Kier alpha value is -2.21. The van der Waals surface area contributed by atoms with Gasteiger partial charge in [0.2, 0.25) is 5.91 Å². The number of aromatic nitrogens is 2. The summed E-state index contributed by atoms with van der Waals surface area (Å²) in [6, 6.07) is 7.78. The minimum atomic E-state index is -0.0478. The van der Waals surface area contributed by atoms with Crippen LogP contribution in [0.5, 0.6) is 0 Å². The minimum absolute atomic E-state index is 0.0308. The second-order valence-electron chi connectivity index (χ2n) is 4.34. The van der Waals surface area contributed by atoms with Gasteiger partial charge < -0.3 is 15.7 Å². The van der Waals surface area contributed by atoms with Crippen LogP contribution in [0.25, 0.3) is 10.9 Å². The van der Waals surface area contributed by atoms with Gasteiger partial charge in [-0.05, 0) is 18.6 Å². The van der Waals surface area contributed by atoms with E-state index in [2.05, 4.69) is 20.6 Å². The lowest BCUT2D eigenvalue weighted by atomic mass is 10.2. The van der Waals surface area contributed by atoms with E-state index in [1.165, 1.54) is 6.33 Å². The van der Waals surface area contributed by atoms with Gasteiger partial charge in [-0.15, -0.1) is 0 Å². The third kappa shape index (κ3) is 3.89. The van der Waals surface area contributed by atoms with Gasteiger partial charge in [-0.1, -0.05) is 12.1 Å². The molecule has 2 aromatic rings. The van der Waals surface area contributed by atoms with Crippen LogP contribution >= 0.6 is 0 Å². The smallest absolute Gasteiger partial charge is 0.220 e. The van der Waals surface area contributed by atoms with E-state index in [-0.39, 0.29) is 12.5 Å². The van der Waals surface area contributed by atoms with E-state index in [0.29, 0.717) is 25.9 Å². The summed E-state index contributed by atoms with van der Waals surface area (Å²) in [5.74, 6) is 0.736. The van der Waals surface area contributed by atoms with Crippen molar-refractivity contribution >= 4 is 22.6 Å². The molecule has 0 bridgehead atoms. The molecule has 1 aromatic heterocycles. The predicted octanol–water partition coefficient (Wildman–Crippen LogP) is 0.930. The maximum atomic E-state index is 11.4. The Morgan fingerprint density at radius 1 is 1.20 bits per heavy atom. The quantitative estimate of drug-likeness (QED) is 0.654. The first-order valence-corrected chi connectivity index (χ1v) is 6.62. The molecule has 3 N–H and O–H groups in total. The summed E-state index contributed by atoms with van der Waals surface area (Å²) in [5, 5.41) is 15.4. The normalized spacial score (nSPS) is 10.4. The number of nitrogens with one attached hydrogen (secondary N) is 2. The fraction of sp³-hybridized carbons (Fsp3) is 0.357. The molecule has 0 unspecified atom stereocenters.